The summed E-state index contributed by atoms with van der Waals surface area (Å²) in [6.07, 6.45) is 0. The van der Waals surface area contributed by atoms with Crippen molar-refractivity contribution in [2.45, 2.75) is 38.6 Å². The molecular formula is C13H20BrNO2S. The van der Waals surface area contributed by atoms with Crippen LogP contribution in [-0.2, 0) is 14.9 Å². The van der Waals surface area contributed by atoms with Crippen LogP contribution in [0.1, 0.15) is 32.6 Å². The van der Waals surface area contributed by atoms with E-state index in [1.807, 2.05) is 19.9 Å². The van der Waals surface area contributed by atoms with E-state index >= 15 is 0 Å². The van der Waals surface area contributed by atoms with Crippen molar-refractivity contribution in [2.75, 3.05) is 13.7 Å². The topological polar surface area (TPSA) is 38.3 Å². The van der Waals surface area contributed by atoms with E-state index in [1.54, 1.807) is 11.3 Å². The van der Waals surface area contributed by atoms with E-state index in [9.17, 15) is 4.79 Å². The van der Waals surface area contributed by atoms with E-state index in [1.165, 1.54) is 12.0 Å². The molecule has 0 atom stereocenters. The Morgan fingerprint density at radius 1 is 1.39 bits per heavy atom. The summed E-state index contributed by atoms with van der Waals surface area (Å²) in [6.45, 7) is 8.69. The Balaban J connectivity index is 2.70. The fraction of sp³-hybridized carbons (Fsp3) is 0.615. The van der Waals surface area contributed by atoms with E-state index in [0.717, 1.165) is 3.79 Å². The smallest absolute Gasteiger partial charge is 0.325 e. The molecule has 1 aromatic rings. The van der Waals surface area contributed by atoms with Crippen molar-refractivity contribution in [1.29, 1.82) is 0 Å². The number of carbonyl (C=O) groups is 1. The lowest BCUT2D eigenvalue weighted by Gasteiger charge is -2.30. The van der Waals surface area contributed by atoms with Crippen LogP contribution in [0.4, 0.5) is 0 Å². The molecule has 1 aromatic heterocycles. The van der Waals surface area contributed by atoms with Gasteiger partial charge in [-0.3, -0.25) is 4.79 Å². The molecule has 0 aromatic carbocycles. The second-order valence-corrected chi connectivity index (χ2v) is 7.92. The molecule has 0 aliphatic carbocycles. The van der Waals surface area contributed by atoms with E-state index in [2.05, 4.69) is 41.2 Å². The minimum absolute atomic E-state index is 0.0258. The molecular weight excluding hydrogens is 314 g/mol. The predicted octanol–water partition coefficient (Wildman–Crippen LogP) is 3.33. The van der Waals surface area contributed by atoms with Gasteiger partial charge >= 0.3 is 5.97 Å². The number of rotatable bonds is 5. The zero-order valence-corrected chi connectivity index (χ0v) is 13.9. The maximum Gasteiger partial charge on any atom is 0.325 e. The number of esters is 1. The summed E-state index contributed by atoms with van der Waals surface area (Å²) in [5, 5.41) is 3.27. The third-order valence-electron chi connectivity index (χ3n) is 2.91. The van der Waals surface area contributed by atoms with Gasteiger partial charge in [0.1, 0.15) is 5.54 Å². The average molecular weight is 334 g/mol. The van der Waals surface area contributed by atoms with Gasteiger partial charge in [0.15, 0.2) is 0 Å². The molecule has 102 valence electrons. The summed E-state index contributed by atoms with van der Waals surface area (Å²) in [6, 6.07) is 4.16. The van der Waals surface area contributed by atoms with Crippen molar-refractivity contribution in [3.8, 4) is 0 Å². The van der Waals surface area contributed by atoms with Gasteiger partial charge in [-0.25, -0.2) is 0 Å². The highest BCUT2D eigenvalue weighted by Crippen LogP contribution is 2.32. The maximum absolute atomic E-state index is 11.6. The van der Waals surface area contributed by atoms with Crippen molar-refractivity contribution in [3.63, 3.8) is 0 Å². The summed E-state index contributed by atoms with van der Waals surface area (Å²) in [5.41, 5.74) is -0.692. The second kappa shape index (κ2) is 5.72. The van der Waals surface area contributed by atoms with Crippen molar-refractivity contribution in [2.24, 2.45) is 0 Å². The Bertz CT molecular complexity index is 426. The number of methoxy groups -OCH3 is 1. The van der Waals surface area contributed by atoms with Gasteiger partial charge in [0.25, 0.3) is 0 Å². The highest BCUT2D eigenvalue weighted by atomic mass is 79.9. The first-order valence-electron chi connectivity index (χ1n) is 5.78. The van der Waals surface area contributed by atoms with E-state index in [-0.39, 0.29) is 11.4 Å². The van der Waals surface area contributed by atoms with Crippen LogP contribution in [0.3, 0.4) is 0 Å². The molecule has 0 aliphatic rings. The van der Waals surface area contributed by atoms with E-state index in [4.69, 9.17) is 4.74 Å². The molecule has 3 nitrogen and oxygen atoms in total. The molecule has 0 saturated carbocycles. The lowest BCUT2D eigenvalue weighted by molar-refractivity contribution is -0.147. The normalized spacial score (nSPS) is 12.6. The van der Waals surface area contributed by atoms with Crippen molar-refractivity contribution in [1.82, 2.24) is 5.32 Å². The van der Waals surface area contributed by atoms with Crippen LogP contribution in [-0.4, -0.2) is 25.2 Å². The first kappa shape index (κ1) is 15.7. The molecule has 1 rings (SSSR count). The van der Waals surface area contributed by atoms with Gasteiger partial charge in [0.2, 0.25) is 0 Å². The fourth-order valence-electron chi connectivity index (χ4n) is 1.53. The molecule has 0 saturated heterocycles. The Hall–Kier alpha value is -0.390. The van der Waals surface area contributed by atoms with Crippen molar-refractivity contribution >= 4 is 33.2 Å². The van der Waals surface area contributed by atoms with E-state index in [0.29, 0.717) is 6.54 Å². The highest BCUT2D eigenvalue weighted by molar-refractivity contribution is 9.11. The summed E-state index contributed by atoms with van der Waals surface area (Å²) >= 11 is 5.19. The minimum atomic E-state index is -0.666. The van der Waals surface area contributed by atoms with Gasteiger partial charge < -0.3 is 10.1 Å². The van der Waals surface area contributed by atoms with E-state index < -0.39 is 5.54 Å². The number of carbonyl (C=O) groups excluding carboxylic acids is 1. The Kier molecular flexibility index (Phi) is 4.98. The van der Waals surface area contributed by atoms with Crippen molar-refractivity contribution < 1.29 is 9.53 Å². The van der Waals surface area contributed by atoms with Crippen LogP contribution < -0.4 is 5.32 Å². The Labute approximate surface area is 121 Å². The van der Waals surface area contributed by atoms with Gasteiger partial charge in [-0.15, -0.1) is 11.3 Å². The quantitative estimate of drug-likeness (QED) is 0.840. The van der Waals surface area contributed by atoms with Crippen LogP contribution in [0.2, 0.25) is 0 Å². The van der Waals surface area contributed by atoms with Crippen LogP contribution in [0, 0.1) is 0 Å². The number of hydrogen-bond donors (Lipinski definition) is 1. The largest absolute Gasteiger partial charge is 0.468 e. The van der Waals surface area contributed by atoms with Crippen LogP contribution >= 0.6 is 27.3 Å². The highest BCUT2D eigenvalue weighted by Gasteiger charge is 2.31. The van der Waals surface area contributed by atoms with Gasteiger partial charge in [-0.2, -0.15) is 0 Å². The number of nitrogens with one attached hydrogen (secondary N) is 1. The van der Waals surface area contributed by atoms with Gasteiger partial charge in [0.05, 0.1) is 10.9 Å². The fourth-order valence-corrected chi connectivity index (χ4v) is 3.02. The van der Waals surface area contributed by atoms with Crippen LogP contribution in [0.5, 0.6) is 0 Å². The SMILES string of the molecule is COC(=O)C(C)(C)NCC(C)(C)c1ccc(Br)s1. The van der Waals surface area contributed by atoms with Gasteiger partial charge in [-0.05, 0) is 41.9 Å². The first-order valence-corrected chi connectivity index (χ1v) is 7.39. The third kappa shape index (κ3) is 3.80. The summed E-state index contributed by atoms with van der Waals surface area (Å²) in [4.78, 5) is 12.9. The zero-order valence-electron chi connectivity index (χ0n) is 11.5. The molecule has 0 aliphatic heterocycles. The number of halogens is 1. The standard InChI is InChI=1S/C13H20BrNO2S/c1-12(2,9-6-7-10(14)18-9)8-15-13(3,4)11(16)17-5/h6-7,15H,8H2,1-5H3. The molecule has 5 heteroatoms. The molecule has 0 spiro atoms. The predicted molar refractivity (Wildman–Crippen MR) is 79.1 cm³/mol. The molecule has 0 bridgehead atoms. The third-order valence-corrected chi connectivity index (χ3v) is 4.90. The minimum Gasteiger partial charge on any atom is -0.468 e. The van der Waals surface area contributed by atoms with Crippen LogP contribution in [0.25, 0.3) is 0 Å². The summed E-state index contributed by atoms with van der Waals surface area (Å²) < 4.78 is 5.91. The molecule has 18 heavy (non-hydrogen) atoms. The first-order chi connectivity index (χ1) is 8.19. The van der Waals surface area contributed by atoms with Gasteiger partial charge in [-0.1, -0.05) is 13.8 Å². The Morgan fingerprint density at radius 2 is 2.00 bits per heavy atom. The second-order valence-electron chi connectivity index (χ2n) is 5.46. The summed E-state index contributed by atoms with van der Waals surface area (Å²) in [7, 11) is 1.41. The average Bonchev–Trinajstić information content (AvgIpc) is 2.73. The number of hydrogen-bond acceptors (Lipinski definition) is 4. The van der Waals surface area contributed by atoms with Gasteiger partial charge in [0, 0.05) is 16.8 Å². The summed E-state index contributed by atoms with van der Waals surface area (Å²) in [5.74, 6) is -0.245. The van der Waals surface area contributed by atoms with Crippen LogP contribution in [0.15, 0.2) is 15.9 Å². The molecule has 1 N–H and O–H groups in total. The monoisotopic (exact) mass is 333 g/mol. The number of thiophene rings is 1. The zero-order chi connectivity index (χ0) is 14.0. The lowest BCUT2D eigenvalue weighted by Crippen LogP contribution is -2.51. The lowest BCUT2D eigenvalue weighted by atomic mass is 9.90. The molecule has 0 amide bonds. The number of ether oxygens (including phenoxy) is 1. The maximum atomic E-state index is 11.6. The molecule has 0 radical (unpaired) electrons. The molecule has 0 fully saturated rings. The van der Waals surface area contributed by atoms with Crippen molar-refractivity contribution in [3.05, 3.63) is 20.8 Å². The molecule has 0 unspecified atom stereocenters. The molecule has 1 heterocycles. The Morgan fingerprint density at radius 3 is 2.44 bits per heavy atom.